The van der Waals surface area contributed by atoms with Crippen molar-refractivity contribution in [3.05, 3.63) is 59.4 Å². The van der Waals surface area contributed by atoms with Crippen molar-refractivity contribution in [3.8, 4) is 5.75 Å². The number of nitrogens with zero attached hydrogens (tertiary/aromatic N) is 1. The van der Waals surface area contributed by atoms with Gasteiger partial charge in [-0.05, 0) is 75.6 Å². The highest BCUT2D eigenvalue weighted by atomic mass is 16.5. The van der Waals surface area contributed by atoms with E-state index in [4.69, 9.17) is 14.9 Å². The van der Waals surface area contributed by atoms with Crippen LogP contribution >= 0.6 is 0 Å². The summed E-state index contributed by atoms with van der Waals surface area (Å²) in [4.78, 5) is 16.0. The largest absolute Gasteiger partial charge is 0.492 e. The molecule has 1 fully saturated rings. The lowest BCUT2D eigenvalue weighted by atomic mass is 9.98. The van der Waals surface area contributed by atoms with Crippen molar-refractivity contribution >= 4 is 22.4 Å². The van der Waals surface area contributed by atoms with Gasteiger partial charge < -0.3 is 14.9 Å². The number of rotatable bonds is 9. The summed E-state index contributed by atoms with van der Waals surface area (Å²) in [5, 5.41) is 0.788. The molecule has 2 atom stereocenters. The number of piperidine rings is 1. The summed E-state index contributed by atoms with van der Waals surface area (Å²) >= 11 is 0. The van der Waals surface area contributed by atoms with Crippen LogP contribution in [-0.4, -0.2) is 35.9 Å². The highest BCUT2D eigenvalue weighted by Gasteiger charge is 2.24. The van der Waals surface area contributed by atoms with Gasteiger partial charge in [0, 0.05) is 41.7 Å². The van der Waals surface area contributed by atoms with E-state index in [9.17, 15) is 4.79 Å². The Hall–Kier alpha value is -2.79. The quantitative estimate of drug-likeness (QED) is 0.310. The maximum Gasteiger partial charge on any atom is 0.197 e. The van der Waals surface area contributed by atoms with Crippen LogP contribution in [-0.2, 0) is 6.42 Å². The Balaban J connectivity index is 1.47. The van der Waals surface area contributed by atoms with Crippen LogP contribution in [0, 0.1) is 0 Å². The van der Waals surface area contributed by atoms with E-state index in [1.54, 1.807) is 6.07 Å². The summed E-state index contributed by atoms with van der Waals surface area (Å²) in [5.41, 5.74) is 8.60. The number of anilines is 1. The number of hydrogen-bond acceptors (Lipinski definition) is 5. The number of benzene rings is 2. The molecule has 176 valence electrons. The van der Waals surface area contributed by atoms with Gasteiger partial charge in [-0.3, -0.25) is 9.69 Å². The second-order valence-electron chi connectivity index (χ2n) is 9.33. The molecule has 0 spiro atoms. The molecular weight excluding hydrogens is 412 g/mol. The van der Waals surface area contributed by atoms with Gasteiger partial charge in [0.15, 0.2) is 5.78 Å². The summed E-state index contributed by atoms with van der Waals surface area (Å²) in [5.74, 6) is 1.50. The molecular formula is C28H36N2O3. The summed E-state index contributed by atoms with van der Waals surface area (Å²) in [6, 6.07) is 14.2. The number of hydrogen-bond donors (Lipinski definition) is 1. The highest BCUT2D eigenvalue weighted by molar-refractivity contribution is 6.17. The van der Waals surface area contributed by atoms with E-state index in [2.05, 4.69) is 25.7 Å². The molecule has 1 aliphatic rings. The average Bonchev–Trinajstić information content (AvgIpc) is 3.17. The Bertz CT molecular complexity index is 1080. The standard InChI is InChI=1S/C28H36N2O3/c1-4-5-9-26-27(24-18-22(29)12-15-25(24)33-26)28(31)21-10-13-23(14-11-21)32-17-16-30-19(2)7-6-8-20(30)3/h10-15,18-20H,4-9,16-17,29H2,1-3H3. The number of ether oxygens (including phenoxy) is 1. The third kappa shape index (κ3) is 5.25. The predicted molar refractivity (Wildman–Crippen MR) is 134 cm³/mol. The van der Waals surface area contributed by atoms with Gasteiger partial charge in [-0.2, -0.15) is 0 Å². The van der Waals surface area contributed by atoms with Crippen LogP contribution in [0.3, 0.4) is 0 Å². The molecule has 3 aromatic rings. The Kier molecular flexibility index (Phi) is 7.39. The minimum Gasteiger partial charge on any atom is -0.492 e. The van der Waals surface area contributed by atoms with E-state index in [1.807, 2.05) is 36.4 Å². The van der Waals surface area contributed by atoms with Crippen LogP contribution in [0.5, 0.6) is 5.75 Å². The first-order valence-electron chi connectivity index (χ1n) is 12.3. The molecule has 5 heteroatoms. The Morgan fingerprint density at radius 2 is 1.85 bits per heavy atom. The fraction of sp³-hybridized carbons (Fsp3) is 0.464. The third-order valence-corrected chi connectivity index (χ3v) is 6.88. The first-order valence-corrected chi connectivity index (χ1v) is 12.3. The Morgan fingerprint density at radius 1 is 1.12 bits per heavy atom. The summed E-state index contributed by atoms with van der Waals surface area (Å²) < 4.78 is 12.1. The zero-order valence-electron chi connectivity index (χ0n) is 20.1. The molecule has 5 nitrogen and oxygen atoms in total. The molecule has 1 aliphatic heterocycles. The number of carbonyl (C=O) groups is 1. The van der Waals surface area contributed by atoms with E-state index >= 15 is 0 Å². The lowest BCUT2D eigenvalue weighted by Crippen LogP contribution is -2.45. The van der Waals surface area contributed by atoms with E-state index in [0.29, 0.717) is 41.1 Å². The first-order chi connectivity index (χ1) is 16.0. The SMILES string of the molecule is CCCCc1oc2ccc(N)cc2c1C(=O)c1ccc(OCCN2C(C)CCCC2C)cc1. The summed E-state index contributed by atoms with van der Waals surface area (Å²) in [7, 11) is 0. The summed E-state index contributed by atoms with van der Waals surface area (Å²) in [6.45, 7) is 8.31. The molecule has 0 radical (unpaired) electrons. The van der Waals surface area contributed by atoms with Crippen molar-refractivity contribution in [1.82, 2.24) is 4.90 Å². The Labute approximate surface area is 196 Å². The van der Waals surface area contributed by atoms with Crippen molar-refractivity contribution < 1.29 is 13.9 Å². The number of furan rings is 1. The number of nitrogen functional groups attached to an aromatic ring is 1. The molecule has 0 aliphatic carbocycles. The number of unbranched alkanes of at least 4 members (excludes halogenated alkanes) is 1. The molecule has 0 saturated carbocycles. The molecule has 2 unspecified atom stereocenters. The minimum absolute atomic E-state index is 0.0343. The number of likely N-dealkylation sites (tertiary alicyclic amines) is 1. The zero-order chi connectivity index (χ0) is 23.4. The first kappa shape index (κ1) is 23.4. The maximum atomic E-state index is 13.5. The van der Waals surface area contributed by atoms with Gasteiger partial charge >= 0.3 is 0 Å². The molecule has 0 amide bonds. The lowest BCUT2D eigenvalue weighted by molar-refractivity contribution is 0.0851. The van der Waals surface area contributed by atoms with Crippen LogP contribution in [0.2, 0.25) is 0 Å². The molecule has 33 heavy (non-hydrogen) atoms. The summed E-state index contributed by atoms with van der Waals surface area (Å²) in [6.07, 6.45) is 6.57. The highest BCUT2D eigenvalue weighted by Crippen LogP contribution is 2.31. The van der Waals surface area contributed by atoms with Gasteiger partial charge in [-0.25, -0.2) is 0 Å². The Morgan fingerprint density at radius 3 is 2.55 bits per heavy atom. The van der Waals surface area contributed by atoms with Crippen LogP contribution in [0.25, 0.3) is 11.0 Å². The fourth-order valence-electron chi connectivity index (χ4n) is 4.96. The van der Waals surface area contributed by atoms with Gasteiger partial charge in [-0.15, -0.1) is 0 Å². The topological polar surface area (TPSA) is 68.7 Å². The molecule has 4 rings (SSSR count). The molecule has 0 bridgehead atoms. The second-order valence-corrected chi connectivity index (χ2v) is 9.33. The van der Waals surface area contributed by atoms with E-state index < -0.39 is 0 Å². The average molecular weight is 449 g/mol. The predicted octanol–water partition coefficient (Wildman–Crippen LogP) is 6.23. The number of carbonyl (C=O) groups excluding carboxylic acids is 1. The molecule has 2 heterocycles. The molecule has 2 aromatic carbocycles. The van der Waals surface area contributed by atoms with Crippen LogP contribution in [0.15, 0.2) is 46.9 Å². The van der Waals surface area contributed by atoms with Crippen molar-refractivity contribution in [2.45, 2.75) is 71.4 Å². The van der Waals surface area contributed by atoms with Crippen molar-refractivity contribution in [1.29, 1.82) is 0 Å². The van der Waals surface area contributed by atoms with Crippen LogP contribution < -0.4 is 10.5 Å². The lowest BCUT2D eigenvalue weighted by Gasteiger charge is -2.38. The van der Waals surface area contributed by atoms with Crippen LogP contribution in [0.1, 0.15) is 74.6 Å². The zero-order valence-corrected chi connectivity index (χ0v) is 20.1. The van der Waals surface area contributed by atoms with Crippen molar-refractivity contribution in [2.24, 2.45) is 0 Å². The third-order valence-electron chi connectivity index (χ3n) is 6.88. The smallest absolute Gasteiger partial charge is 0.197 e. The number of ketones is 1. The van der Waals surface area contributed by atoms with Crippen molar-refractivity contribution in [2.75, 3.05) is 18.9 Å². The number of fused-ring (bicyclic) bond motifs is 1. The van der Waals surface area contributed by atoms with Gasteiger partial charge in [0.1, 0.15) is 23.7 Å². The van der Waals surface area contributed by atoms with Crippen molar-refractivity contribution in [3.63, 3.8) is 0 Å². The van der Waals surface area contributed by atoms with E-state index in [0.717, 1.165) is 42.7 Å². The normalized spacial score (nSPS) is 19.1. The fourth-order valence-corrected chi connectivity index (χ4v) is 4.96. The number of aryl methyl sites for hydroxylation is 1. The van der Waals surface area contributed by atoms with E-state index in [-0.39, 0.29) is 5.78 Å². The van der Waals surface area contributed by atoms with Gasteiger partial charge in [0.2, 0.25) is 0 Å². The number of nitrogens with two attached hydrogens (primary N) is 1. The van der Waals surface area contributed by atoms with Gasteiger partial charge in [0.25, 0.3) is 0 Å². The molecule has 1 saturated heterocycles. The second kappa shape index (κ2) is 10.4. The van der Waals surface area contributed by atoms with Crippen LogP contribution in [0.4, 0.5) is 5.69 Å². The van der Waals surface area contributed by atoms with Gasteiger partial charge in [-0.1, -0.05) is 19.8 Å². The van der Waals surface area contributed by atoms with Gasteiger partial charge in [0.05, 0.1) is 5.56 Å². The van der Waals surface area contributed by atoms with E-state index in [1.165, 1.54) is 19.3 Å². The molecule has 2 N–H and O–H groups in total. The molecule has 1 aromatic heterocycles. The monoisotopic (exact) mass is 448 g/mol. The maximum absolute atomic E-state index is 13.5. The minimum atomic E-state index is -0.0343.